The summed E-state index contributed by atoms with van der Waals surface area (Å²) in [6.07, 6.45) is 0.176. The number of hydrogen-bond donors (Lipinski definition) is 1. The highest BCUT2D eigenvalue weighted by Crippen LogP contribution is 2.24. The highest BCUT2D eigenvalue weighted by atomic mass is 16.5. The van der Waals surface area contributed by atoms with Crippen LogP contribution in [0.3, 0.4) is 0 Å². The van der Waals surface area contributed by atoms with Crippen molar-refractivity contribution < 1.29 is 19.1 Å². The standard InChI is InChI=1S/C22H24N2O4/c1-14(2)28-17-7-5-16(6-8-17)13-23-20(25)10-11-24-21(26)18-9-4-15(3)12-19(18)22(24)27/h4-9,12,14H,10-11,13H2,1-3H3,(H,23,25). The van der Waals surface area contributed by atoms with Gasteiger partial charge in [-0.3, -0.25) is 19.3 Å². The van der Waals surface area contributed by atoms with Crippen LogP contribution in [-0.4, -0.2) is 35.3 Å². The molecule has 0 saturated heterocycles. The molecular weight excluding hydrogens is 356 g/mol. The van der Waals surface area contributed by atoms with Crippen LogP contribution >= 0.6 is 0 Å². The van der Waals surface area contributed by atoms with E-state index in [1.807, 2.05) is 45.0 Å². The number of benzene rings is 2. The predicted octanol–water partition coefficient (Wildman–Crippen LogP) is 3.08. The zero-order valence-corrected chi connectivity index (χ0v) is 16.3. The summed E-state index contributed by atoms with van der Waals surface area (Å²) in [5.41, 5.74) is 2.68. The second-order valence-electron chi connectivity index (χ2n) is 7.15. The van der Waals surface area contributed by atoms with Gasteiger partial charge in [-0.05, 0) is 50.6 Å². The van der Waals surface area contributed by atoms with E-state index in [9.17, 15) is 14.4 Å². The van der Waals surface area contributed by atoms with E-state index in [4.69, 9.17) is 4.74 Å². The van der Waals surface area contributed by atoms with Crippen molar-refractivity contribution in [1.29, 1.82) is 0 Å². The summed E-state index contributed by atoms with van der Waals surface area (Å²) in [7, 11) is 0. The molecule has 146 valence electrons. The molecule has 28 heavy (non-hydrogen) atoms. The summed E-state index contributed by atoms with van der Waals surface area (Å²) in [6, 6.07) is 12.7. The second-order valence-corrected chi connectivity index (χ2v) is 7.15. The molecule has 0 radical (unpaired) electrons. The number of aryl methyl sites for hydroxylation is 1. The van der Waals surface area contributed by atoms with E-state index in [1.54, 1.807) is 18.2 Å². The molecule has 3 rings (SSSR count). The summed E-state index contributed by atoms with van der Waals surface area (Å²) in [6.45, 7) is 6.24. The van der Waals surface area contributed by atoms with Crippen LogP contribution in [-0.2, 0) is 11.3 Å². The minimum atomic E-state index is -0.339. The van der Waals surface area contributed by atoms with Gasteiger partial charge in [0, 0.05) is 19.5 Å². The van der Waals surface area contributed by atoms with Crippen molar-refractivity contribution in [2.24, 2.45) is 0 Å². The fourth-order valence-electron chi connectivity index (χ4n) is 3.07. The number of nitrogens with zero attached hydrogens (tertiary/aromatic N) is 1. The number of rotatable bonds is 7. The molecule has 0 aromatic heterocycles. The fourth-order valence-corrected chi connectivity index (χ4v) is 3.07. The van der Waals surface area contributed by atoms with E-state index >= 15 is 0 Å². The summed E-state index contributed by atoms with van der Waals surface area (Å²) < 4.78 is 5.59. The van der Waals surface area contributed by atoms with E-state index in [0.29, 0.717) is 17.7 Å². The third kappa shape index (κ3) is 4.39. The van der Waals surface area contributed by atoms with E-state index in [2.05, 4.69) is 5.32 Å². The molecule has 2 aromatic carbocycles. The van der Waals surface area contributed by atoms with Gasteiger partial charge in [-0.1, -0.05) is 23.8 Å². The summed E-state index contributed by atoms with van der Waals surface area (Å²) >= 11 is 0. The maximum absolute atomic E-state index is 12.4. The zero-order chi connectivity index (χ0) is 20.3. The number of ether oxygens (including phenoxy) is 1. The first-order chi connectivity index (χ1) is 13.3. The van der Waals surface area contributed by atoms with Gasteiger partial charge in [-0.2, -0.15) is 0 Å². The van der Waals surface area contributed by atoms with Gasteiger partial charge in [0.1, 0.15) is 5.75 Å². The number of fused-ring (bicyclic) bond motifs is 1. The van der Waals surface area contributed by atoms with Crippen LogP contribution in [0.15, 0.2) is 42.5 Å². The number of imide groups is 1. The molecular formula is C22H24N2O4. The minimum absolute atomic E-state index is 0.0679. The lowest BCUT2D eigenvalue weighted by Crippen LogP contribution is -2.34. The second kappa shape index (κ2) is 8.25. The maximum Gasteiger partial charge on any atom is 0.261 e. The Morgan fingerprint density at radius 3 is 2.39 bits per heavy atom. The lowest BCUT2D eigenvalue weighted by atomic mass is 10.1. The Hall–Kier alpha value is -3.15. The molecule has 2 aromatic rings. The fraction of sp³-hybridized carbons (Fsp3) is 0.318. The van der Waals surface area contributed by atoms with Crippen LogP contribution in [0.1, 0.15) is 52.1 Å². The molecule has 6 nitrogen and oxygen atoms in total. The van der Waals surface area contributed by atoms with E-state index in [1.165, 1.54) is 0 Å². The Balaban J connectivity index is 1.50. The summed E-state index contributed by atoms with van der Waals surface area (Å²) in [5.74, 6) is -0.105. The Kier molecular flexibility index (Phi) is 5.78. The molecule has 0 spiro atoms. The Morgan fingerprint density at radius 1 is 1.04 bits per heavy atom. The third-order valence-electron chi connectivity index (χ3n) is 4.47. The number of carbonyl (C=O) groups excluding carboxylic acids is 3. The topological polar surface area (TPSA) is 75.7 Å². The first-order valence-electron chi connectivity index (χ1n) is 9.34. The molecule has 1 heterocycles. The van der Waals surface area contributed by atoms with Crippen LogP contribution in [0.25, 0.3) is 0 Å². The molecule has 0 bridgehead atoms. The number of hydrogen-bond acceptors (Lipinski definition) is 4. The predicted molar refractivity (Wildman–Crippen MR) is 105 cm³/mol. The largest absolute Gasteiger partial charge is 0.491 e. The molecule has 0 saturated carbocycles. The van der Waals surface area contributed by atoms with Crippen LogP contribution < -0.4 is 10.1 Å². The van der Waals surface area contributed by atoms with Crippen molar-refractivity contribution in [3.05, 3.63) is 64.7 Å². The van der Waals surface area contributed by atoms with Gasteiger partial charge in [0.05, 0.1) is 17.2 Å². The van der Waals surface area contributed by atoms with Crippen molar-refractivity contribution in [1.82, 2.24) is 10.2 Å². The quantitative estimate of drug-likeness (QED) is 0.749. The van der Waals surface area contributed by atoms with Gasteiger partial charge >= 0.3 is 0 Å². The Morgan fingerprint density at radius 2 is 1.71 bits per heavy atom. The molecule has 1 N–H and O–H groups in total. The molecule has 1 aliphatic rings. The van der Waals surface area contributed by atoms with Crippen molar-refractivity contribution >= 4 is 17.7 Å². The van der Waals surface area contributed by atoms with Gasteiger partial charge in [-0.25, -0.2) is 0 Å². The zero-order valence-electron chi connectivity index (χ0n) is 16.3. The lowest BCUT2D eigenvalue weighted by molar-refractivity contribution is -0.121. The van der Waals surface area contributed by atoms with Crippen LogP contribution in [0.4, 0.5) is 0 Å². The molecule has 0 atom stereocenters. The first kappa shape index (κ1) is 19.6. The minimum Gasteiger partial charge on any atom is -0.491 e. The highest BCUT2D eigenvalue weighted by molar-refractivity contribution is 6.21. The van der Waals surface area contributed by atoms with Gasteiger partial charge < -0.3 is 10.1 Å². The Labute approximate surface area is 164 Å². The number of amides is 3. The highest BCUT2D eigenvalue weighted by Gasteiger charge is 2.35. The number of carbonyl (C=O) groups is 3. The average molecular weight is 380 g/mol. The SMILES string of the molecule is Cc1ccc2c(c1)C(=O)N(CCC(=O)NCc1ccc(OC(C)C)cc1)C2=O. The van der Waals surface area contributed by atoms with Gasteiger partial charge in [0.2, 0.25) is 5.91 Å². The first-order valence-corrected chi connectivity index (χ1v) is 9.34. The van der Waals surface area contributed by atoms with E-state index in [-0.39, 0.29) is 36.8 Å². The van der Waals surface area contributed by atoms with Gasteiger partial charge in [0.15, 0.2) is 0 Å². The Bertz CT molecular complexity index is 903. The molecule has 0 aliphatic carbocycles. The van der Waals surface area contributed by atoms with Gasteiger partial charge in [-0.15, -0.1) is 0 Å². The number of nitrogens with one attached hydrogen (secondary N) is 1. The smallest absolute Gasteiger partial charge is 0.261 e. The van der Waals surface area contributed by atoms with Gasteiger partial charge in [0.25, 0.3) is 11.8 Å². The van der Waals surface area contributed by atoms with Crippen LogP contribution in [0, 0.1) is 6.92 Å². The normalized spacial score (nSPS) is 13.1. The van der Waals surface area contributed by atoms with Crippen molar-refractivity contribution in [3.63, 3.8) is 0 Å². The monoisotopic (exact) mass is 380 g/mol. The summed E-state index contributed by atoms with van der Waals surface area (Å²) in [5, 5.41) is 2.81. The molecule has 0 fully saturated rings. The van der Waals surface area contributed by atoms with Crippen LogP contribution in [0.2, 0.25) is 0 Å². The molecule has 6 heteroatoms. The molecule has 3 amide bonds. The van der Waals surface area contributed by atoms with Crippen molar-refractivity contribution in [2.45, 2.75) is 39.8 Å². The third-order valence-corrected chi connectivity index (χ3v) is 4.47. The van der Waals surface area contributed by atoms with Crippen molar-refractivity contribution in [2.75, 3.05) is 6.54 Å². The van der Waals surface area contributed by atoms with E-state index < -0.39 is 0 Å². The maximum atomic E-state index is 12.4. The summed E-state index contributed by atoms with van der Waals surface area (Å²) in [4.78, 5) is 38.1. The lowest BCUT2D eigenvalue weighted by Gasteiger charge is -2.14. The molecule has 1 aliphatic heterocycles. The van der Waals surface area contributed by atoms with E-state index in [0.717, 1.165) is 21.8 Å². The van der Waals surface area contributed by atoms with Crippen molar-refractivity contribution in [3.8, 4) is 5.75 Å². The molecule has 0 unspecified atom stereocenters. The van der Waals surface area contributed by atoms with Crippen LogP contribution in [0.5, 0.6) is 5.75 Å². The average Bonchev–Trinajstić information content (AvgIpc) is 2.89.